The number of aromatic nitrogens is 4. The van der Waals surface area contributed by atoms with Crippen molar-refractivity contribution in [2.75, 3.05) is 5.32 Å². The van der Waals surface area contributed by atoms with E-state index in [9.17, 15) is 4.79 Å². The molecule has 0 atom stereocenters. The predicted octanol–water partition coefficient (Wildman–Crippen LogP) is 4.94. The zero-order valence-corrected chi connectivity index (χ0v) is 18.1. The van der Waals surface area contributed by atoms with Gasteiger partial charge >= 0.3 is 0 Å². The van der Waals surface area contributed by atoms with E-state index in [-0.39, 0.29) is 5.91 Å². The van der Waals surface area contributed by atoms with Crippen molar-refractivity contribution in [1.82, 2.24) is 19.6 Å². The van der Waals surface area contributed by atoms with Crippen LogP contribution in [0.2, 0.25) is 10.0 Å². The Morgan fingerprint density at radius 3 is 2.32 bits per heavy atom. The molecule has 28 heavy (non-hydrogen) atoms. The summed E-state index contributed by atoms with van der Waals surface area (Å²) in [7, 11) is 0. The number of halogens is 2. The fraction of sp³-hybridized carbons (Fsp3) is 0.350. The van der Waals surface area contributed by atoms with Gasteiger partial charge in [-0.1, -0.05) is 29.3 Å². The summed E-state index contributed by atoms with van der Waals surface area (Å²) in [6.45, 7) is 10.8. The van der Waals surface area contributed by atoms with Crippen molar-refractivity contribution in [1.29, 1.82) is 0 Å². The largest absolute Gasteiger partial charge is 0.319 e. The van der Waals surface area contributed by atoms with Crippen molar-refractivity contribution in [3.05, 3.63) is 62.1 Å². The van der Waals surface area contributed by atoms with Gasteiger partial charge in [0.25, 0.3) is 5.91 Å². The van der Waals surface area contributed by atoms with E-state index in [2.05, 4.69) is 15.5 Å². The van der Waals surface area contributed by atoms with Crippen LogP contribution in [0.1, 0.15) is 45.6 Å². The Hall–Kier alpha value is -2.31. The third kappa shape index (κ3) is 3.80. The molecule has 1 aromatic carbocycles. The number of rotatable bonds is 5. The van der Waals surface area contributed by atoms with E-state index in [0.717, 1.165) is 29.2 Å². The van der Waals surface area contributed by atoms with Gasteiger partial charge in [-0.15, -0.1) is 0 Å². The van der Waals surface area contributed by atoms with Gasteiger partial charge in [-0.05, 0) is 52.3 Å². The molecule has 0 radical (unpaired) electrons. The Kier molecular flexibility index (Phi) is 5.82. The average Bonchev–Trinajstić information content (AvgIpc) is 3.07. The molecule has 6 nitrogen and oxygen atoms in total. The molecule has 0 aliphatic heterocycles. The Balaban J connectivity index is 1.88. The smallest absolute Gasteiger partial charge is 0.259 e. The minimum absolute atomic E-state index is 0.176. The van der Waals surface area contributed by atoms with Crippen LogP contribution in [0.25, 0.3) is 0 Å². The predicted molar refractivity (Wildman–Crippen MR) is 113 cm³/mol. The highest BCUT2D eigenvalue weighted by Gasteiger charge is 2.21. The number of hydrogen-bond donors (Lipinski definition) is 1. The van der Waals surface area contributed by atoms with E-state index in [4.69, 9.17) is 23.2 Å². The van der Waals surface area contributed by atoms with E-state index in [1.54, 1.807) is 12.1 Å². The maximum atomic E-state index is 12.9. The first-order chi connectivity index (χ1) is 13.2. The SMILES string of the molecule is CCn1nc(C)c(C(=O)Nc2c(C)nn(Cc3ccc(Cl)cc3Cl)c2C)c1C. The second-order valence-corrected chi connectivity index (χ2v) is 7.60. The lowest BCUT2D eigenvalue weighted by atomic mass is 10.1. The van der Waals surface area contributed by atoms with Crippen LogP contribution in [0, 0.1) is 27.7 Å². The third-order valence-electron chi connectivity index (χ3n) is 4.86. The van der Waals surface area contributed by atoms with Crippen molar-refractivity contribution < 1.29 is 4.79 Å². The van der Waals surface area contributed by atoms with Gasteiger partial charge < -0.3 is 5.32 Å². The van der Waals surface area contributed by atoms with Gasteiger partial charge in [0.1, 0.15) is 0 Å². The second kappa shape index (κ2) is 7.97. The minimum Gasteiger partial charge on any atom is -0.319 e. The van der Waals surface area contributed by atoms with E-state index in [0.29, 0.717) is 33.5 Å². The number of carbonyl (C=O) groups is 1. The van der Waals surface area contributed by atoms with Crippen LogP contribution in [0.5, 0.6) is 0 Å². The summed E-state index contributed by atoms with van der Waals surface area (Å²) in [6.07, 6.45) is 0. The first-order valence-corrected chi connectivity index (χ1v) is 9.81. The molecule has 0 fully saturated rings. The molecule has 3 rings (SSSR count). The Morgan fingerprint density at radius 1 is 1.04 bits per heavy atom. The fourth-order valence-electron chi connectivity index (χ4n) is 3.35. The molecule has 2 aromatic heterocycles. The molecular formula is C20H23Cl2N5O. The molecule has 0 saturated heterocycles. The molecule has 0 spiro atoms. The van der Waals surface area contributed by atoms with Gasteiger partial charge in [-0.25, -0.2) is 0 Å². The van der Waals surface area contributed by atoms with Crippen LogP contribution in [0.3, 0.4) is 0 Å². The lowest BCUT2D eigenvalue weighted by molar-refractivity contribution is 0.102. The van der Waals surface area contributed by atoms with Gasteiger partial charge in [0, 0.05) is 22.3 Å². The van der Waals surface area contributed by atoms with Crippen LogP contribution in [0.15, 0.2) is 18.2 Å². The number of nitrogens with zero attached hydrogens (tertiary/aromatic N) is 4. The van der Waals surface area contributed by atoms with Crippen LogP contribution in [-0.2, 0) is 13.1 Å². The third-order valence-corrected chi connectivity index (χ3v) is 5.45. The summed E-state index contributed by atoms with van der Waals surface area (Å²) in [5, 5.41) is 13.2. The van der Waals surface area contributed by atoms with E-state index >= 15 is 0 Å². The summed E-state index contributed by atoms with van der Waals surface area (Å²) in [5.41, 5.74) is 5.39. The zero-order chi connectivity index (χ0) is 20.6. The molecule has 0 aliphatic rings. The highest BCUT2D eigenvalue weighted by molar-refractivity contribution is 6.35. The summed E-state index contributed by atoms with van der Waals surface area (Å²) < 4.78 is 3.66. The lowest BCUT2D eigenvalue weighted by Crippen LogP contribution is -2.15. The van der Waals surface area contributed by atoms with E-state index in [1.165, 1.54) is 0 Å². The Labute approximate surface area is 174 Å². The first-order valence-electron chi connectivity index (χ1n) is 9.06. The molecule has 3 aromatic rings. The molecule has 1 amide bonds. The van der Waals surface area contributed by atoms with Gasteiger partial charge in [-0.3, -0.25) is 14.2 Å². The Morgan fingerprint density at radius 2 is 1.71 bits per heavy atom. The summed E-state index contributed by atoms with van der Waals surface area (Å²) in [4.78, 5) is 12.9. The summed E-state index contributed by atoms with van der Waals surface area (Å²) >= 11 is 12.3. The lowest BCUT2D eigenvalue weighted by Gasteiger charge is -2.09. The van der Waals surface area contributed by atoms with E-state index < -0.39 is 0 Å². The zero-order valence-electron chi connectivity index (χ0n) is 16.6. The molecule has 1 N–H and O–H groups in total. The quantitative estimate of drug-likeness (QED) is 0.636. The highest BCUT2D eigenvalue weighted by Crippen LogP contribution is 2.26. The maximum absolute atomic E-state index is 12.9. The van der Waals surface area contributed by atoms with Crippen molar-refractivity contribution in [2.24, 2.45) is 0 Å². The molecule has 2 heterocycles. The summed E-state index contributed by atoms with van der Waals surface area (Å²) in [5.74, 6) is -0.176. The molecule has 148 valence electrons. The summed E-state index contributed by atoms with van der Waals surface area (Å²) in [6, 6.07) is 5.39. The number of anilines is 1. The van der Waals surface area contributed by atoms with Gasteiger partial charge in [0.2, 0.25) is 0 Å². The first kappa shape index (κ1) is 20.4. The van der Waals surface area contributed by atoms with Crippen molar-refractivity contribution >= 4 is 34.8 Å². The van der Waals surface area contributed by atoms with Crippen LogP contribution in [0.4, 0.5) is 5.69 Å². The van der Waals surface area contributed by atoms with Crippen LogP contribution < -0.4 is 5.32 Å². The molecule has 0 saturated carbocycles. The van der Waals surface area contributed by atoms with Crippen molar-refractivity contribution in [3.63, 3.8) is 0 Å². The molecule has 0 aliphatic carbocycles. The second-order valence-electron chi connectivity index (χ2n) is 6.75. The monoisotopic (exact) mass is 419 g/mol. The molecule has 8 heteroatoms. The number of hydrogen-bond acceptors (Lipinski definition) is 3. The number of amides is 1. The standard InChI is InChI=1S/C20H23Cl2N5O/c1-6-26-13(4)18(11(2)24-26)20(28)23-19-12(3)25-27(14(19)5)10-15-7-8-16(21)9-17(15)22/h7-9H,6,10H2,1-5H3,(H,23,28). The fourth-order valence-corrected chi connectivity index (χ4v) is 3.82. The van der Waals surface area contributed by atoms with Crippen LogP contribution in [-0.4, -0.2) is 25.5 Å². The maximum Gasteiger partial charge on any atom is 0.259 e. The highest BCUT2D eigenvalue weighted by atomic mass is 35.5. The minimum atomic E-state index is -0.176. The van der Waals surface area contributed by atoms with Crippen molar-refractivity contribution in [2.45, 2.75) is 47.7 Å². The average molecular weight is 420 g/mol. The van der Waals surface area contributed by atoms with Gasteiger partial charge in [-0.2, -0.15) is 10.2 Å². The molecular weight excluding hydrogens is 397 g/mol. The molecule has 0 unspecified atom stereocenters. The number of nitrogens with one attached hydrogen (secondary N) is 1. The number of benzene rings is 1. The number of carbonyl (C=O) groups excluding carboxylic acids is 1. The van der Waals surface area contributed by atoms with E-state index in [1.807, 2.05) is 50.0 Å². The Bertz CT molecular complexity index is 1050. The van der Waals surface area contributed by atoms with Crippen molar-refractivity contribution in [3.8, 4) is 0 Å². The number of aryl methyl sites for hydroxylation is 3. The topological polar surface area (TPSA) is 64.7 Å². The van der Waals surface area contributed by atoms with Gasteiger partial charge in [0.05, 0.1) is 34.9 Å². The molecule has 0 bridgehead atoms. The van der Waals surface area contributed by atoms with Gasteiger partial charge in [0.15, 0.2) is 0 Å². The normalized spacial score (nSPS) is 11.1. The van der Waals surface area contributed by atoms with Crippen LogP contribution >= 0.6 is 23.2 Å².